The molecule has 33 heavy (non-hydrogen) atoms. The topological polar surface area (TPSA) is 44.8 Å². The standard InChI is InChI=1S/C27H28FN3O2/c1-33-23-12-10-22(11-13-23)30-14-15-31-25-5-3-2-4-20(25)16-24(26(31)18-30)27(32)29-17-19-6-8-21(28)9-7-19/h2-13,24,26H,14-18H2,1H3,(H,29,32)/t24-,26+/m0/s1. The Morgan fingerprint density at radius 2 is 1.79 bits per heavy atom. The second-order valence-electron chi connectivity index (χ2n) is 8.69. The van der Waals surface area contributed by atoms with E-state index in [1.54, 1.807) is 19.2 Å². The summed E-state index contributed by atoms with van der Waals surface area (Å²) in [6.45, 7) is 2.91. The number of nitrogens with one attached hydrogen (secondary N) is 1. The zero-order valence-corrected chi connectivity index (χ0v) is 18.7. The number of hydrogen-bond acceptors (Lipinski definition) is 4. The molecule has 3 aromatic carbocycles. The molecule has 0 aliphatic carbocycles. The highest BCUT2D eigenvalue weighted by atomic mass is 19.1. The Kier molecular flexibility index (Phi) is 5.90. The van der Waals surface area contributed by atoms with Crippen molar-refractivity contribution >= 4 is 17.3 Å². The second kappa shape index (κ2) is 9.14. The summed E-state index contributed by atoms with van der Waals surface area (Å²) in [5, 5.41) is 3.10. The Hall–Kier alpha value is -3.54. The number of piperazine rings is 1. The van der Waals surface area contributed by atoms with Crippen LogP contribution >= 0.6 is 0 Å². The van der Waals surface area contributed by atoms with E-state index in [1.165, 1.54) is 23.4 Å². The van der Waals surface area contributed by atoms with Gasteiger partial charge in [0, 0.05) is 37.6 Å². The summed E-state index contributed by atoms with van der Waals surface area (Å²) < 4.78 is 18.5. The first kappa shape index (κ1) is 21.3. The number of amides is 1. The van der Waals surface area contributed by atoms with Crippen molar-refractivity contribution in [2.45, 2.75) is 19.0 Å². The number of carbonyl (C=O) groups is 1. The van der Waals surface area contributed by atoms with E-state index in [1.807, 2.05) is 18.2 Å². The van der Waals surface area contributed by atoms with Crippen molar-refractivity contribution in [1.29, 1.82) is 0 Å². The van der Waals surface area contributed by atoms with Gasteiger partial charge in [0.05, 0.1) is 19.1 Å². The van der Waals surface area contributed by atoms with E-state index in [4.69, 9.17) is 4.74 Å². The molecule has 2 aliphatic heterocycles. The molecule has 1 fully saturated rings. The highest BCUT2D eigenvalue weighted by molar-refractivity contribution is 5.82. The lowest BCUT2D eigenvalue weighted by atomic mass is 9.83. The minimum absolute atomic E-state index is 0.0420. The lowest BCUT2D eigenvalue weighted by molar-refractivity contribution is -0.126. The summed E-state index contributed by atoms with van der Waals surface area (Å²) in [5.74, 6) is 0.439. The molecule has 5 nitrogen and oxygen atoms in total. The normalized spacial score (nSPS) is 19.5. The summed E-state index contributed by atoms with van der Waals surface area (Å²) in [4.78, 5) is 18.1. The predicted octanol–water partition coefficient (Wildman–Crippen LogP) is 4.02. The van der Waals surface area contributed by atoms with Gasteiger partial charge in [-0.15, -0.1) is 0 Å². The number of rotatable bonds is 5. The molecule has 1 saturated heterocycles. The van der Waals surface area contributed by atoms with Gasteiger partial charge in [0.15, 0.2) is 0 Å². The minimum atomic E-state index is -0.273. The summed E-state index contributed by atoms with van der Waals surface area (Å²) in [7, 11) is 1.67. The molecule has 6 heteroatoms. The molecule has 0 radical (unpaired) electrons. The number of para-hydroxylation sites is 1. The lowest BCUT2D eigenvalue weighted by Gasteiger charge is -2.49. The van der Waals surface area contributed by atoms with Gasteiger partial charge in [-0.25, -0.2) is 4.39 Å². The fraction of sp³-hybridized carbons (Fsp3) is 0.296. The van der Waals surface area contributed by atoms with Crippen molar-refractivity contribution in [3.63, 3.8) is 0 Å². The van der Waals surface area contributed by atoms with Gasteiger partial charge < -0.3 is 19.9 Å². The van der Waals surface area contributed by atoms with Crippen LogP contribution in [0.25, 0.3) is 0 Å². The first-order valence-electron chi connectivity index (χ1n) is 11.4. The average molecular weight is 446 g/mol. The van der Waals surface area contributed by atoms with E-state index < -0.39 is 0 Å². The molecule has 1 N–H and O–H groups in total. The van der Waals surface area contributed by atoms with Crippen molar-refractivity contribution < 1.29 is 13.9 Å². The fourth-order valence-corrected chi connectivity index (χ4v) is 5.01. The van der Waals surface area contributed by atoms with E-state index >= 15 is 0 Å². The Balaban J connectivity index is 1.37. The third kappa shape index (κ3) is 4.38. The Morgan fingerprint density at radius 1 is 1.03 bits per heavy atom. The Morgan fingerprint density at radius 3 is 2.55 bits per heavy atom. The number of hydrogen-bond donors (Lipinski definition) is 1. The molecule has 2 heterocycles. The fourth-order valence-electron chi connectivity index (χ4n) is 5.01. The van der Waals surface area contributed by atoms with Crippen molar-refractivity contribution in [2.75, 3.05) is 36.5 Å². The average Bonchev–Trinajstić information content (AvgIpc) is 2.87. The van der Waals surface area contributed by atoms with Crippen LogP contribution in [0, 0.1) is 11.7 Å². The van der Waals surface area contributed by atoms with Crippen molar-refractivity contribution in [3.8, 4) is 5.75 Å². The molecule has 0 unspecified atom stereocenters. The van der Waals surface area contributed by atoms with Gasteiger partial charge in [-0.1, -0.05) is 30.3 Å². The zero-order chi connectivity index (χ0) is 22.8. The number of carbonyl (C=O) groups excluding carboxylic acids is 1. The predicted molar refractivity (Wildman–Crippen MR) is 128 cm³/mol. The number of ether oxygens (including phenoxy) is 1. The first-order valence-corrected chi connectivity index (χ1v) is 11.4. The Bertz CT molecular complexity index is 1120. The molecule has 2 aliphatic rings. The molecule has 170 valence electrons. The molecule has 2 atom stereocenters. The molecule has 3 aromatic rings. The van der Waals surface area contributed by atoms with Crippen LogP contribution in [0.2, 0.25) is 0 Å². The molecule has 0 spiro atoms. The summed E-state index contributed by atoms with van der Waals surface area (Å²) in [5.41, 5.74) is 4.48. The monoisotopic (exact) mass is 445 g/mol. The van der Waals surface area contributed by atoms with E-state index in [2.05, 4.69) is 45.4 Å². The van der Waals surface area contributed by atoms with Gasteiger partial charge >= 0.3 is 0 Å². The van der Waals surface area contributed by atoms with E-state index in [0.29, 0.717) is 13.0 Å². The van der Waals surface area contributed by atoms with Gasteiger partial charge in [-0.3, -0.25) is 4.79 Å². The van der Waals surface area contributed by atoms with Gasteiger partial charge in [-0.05, 0) is 60.0 Å². The molecular weight excluding hydrogens is 417 g/mol. The van der Waals surface area contributed by atoms with Crippen LogP contribution in [0.1, 0.15) is 11.1 Å². The SMILES string of the molecule is COc1ccc(N2CCN3c4ccccc4C[C@H](C(=O)NCc4ccc(F)cc4)[C@H]3C2)cc1. The molecule has 0 aromatic heterocycles. The maximum Gasteiger partial charge on any atom is 0.225 e. The van der Waals surface area contributed by atoms with Crippen LogP contribution in [-0.2, 0) is 17.8 Å². The second-order valence-corrected chi connectivity index (χ2v) is 8.69. The van der Waals surface area contributed by atoms with Crippen LogP contribution in [0.3, 0.4) is 0 Å². The van der Waals surface area contributed by atoms with E-state index in [0.717, 1.165) is 36.6 Å². The lowest BCUT2D eigenvalue weighted by Crippen LogP contribution is -2.61. The van der Waals surface area contributed by atoms with Gasteiger partial charge in [0.1, 0.15) is 11.6 Å². The summed E-state index contributed by atoms with van der Waals surface area (Å²) in [6, 6.07) is 22.9. The first-order chi connectivity index (χ1) is 16.1. The molecular formula is C27H28FN3O2. The van der Waals surface area contributed by atoms with Crippen LogP contribution in [0.15, 0.2) is 72.8 Å². The maximum atomic E-state index is 13.4. The minimum Gasteiger partial charge on any atom is -0.497 e. The molecule has 1 amide bonds. The highest BCUT2D eigenvalue weighted by Crippen LogP contribution is 2.37. The van der Waals surface area contributed by atoms with Crippen LogP contribution in [-0.4, -0.2) is 38.7 Å². The number of benzene rings is 3. The van der Waals surface area contributed by atoms with E-state index in [9.17, 15) is 9.18 Å². The summed E-state index contributed by atoms with van der Waals surface area (Å²) >= 11 is 0. The van der Waals surface area contributed by atoms with Gasteiger partial charge in [0.25, 0.3) is 0 Å². The number of nitrogens with zero attached hydrogens (tertiary/aromatic N) is 2. The smallest absolute Gasteiger partial charge is 0.225 e. The highest BCUT2D eigenvalue weighted by Gasteiger charge is 2.41. The quantitative estimate of drug-likeness (QED) is 0.645. The number of fused-ring (bicyclic) bond motifs is 3. The number of anilines is 2. The van der Waals surface area contributed by atoms with Gasteiger partial charge in [-0.2, -0.15) is 0 Å². The summed E-state index contributed by atoms with van der Waals surface area (Å²) in [6.07, 6.45) is 0.711. The molecule has 0 saturated carbocycles. The number of halogens is 1. The Labute approximate surface area is 193 Å². The van der Waals surface area contributed by atoms with Crippen molar-refractivity contribution in [2.24, 2.45) is 5.92 Å². The van der Waals surface area contributed by atoms with Crippen LogP contribution < -0.4 is 19.9 Å². The maximum absolute atomic E-state index is 13.4. The van der Waals surface area contributed by atoms with E-state index in [-0.39, 0.29) is 23.7 Å². The largest absolute Gasteiger partial charge is 0.497 e. The molecule has 5 rings (SSSR count). The third-order valence-corrected chi connectivity index (χ3v) is 6.78. The molecule has 0 bridgehead atoms. The zero-order valence-electron chi connectivity index (χ0n) is 18.7. The van der Waals surface area contributed by atoms with Crippen molar-refractivity contribution in [3.05, 3.63) is 89.7 Å². The third-order valence-electron chi connectivity index (χ3n) is 6.78. The number of methoxy groups -OCH3 is 1. The van der Waals surface area contributed by atoms with Crippen LogP contribution in [0.5, 0.6) is 5.75 Å². The van der Waals surface area contributed by atoms with Gasteiger partial charge in [0.2, 0.25) is 5.91 Å². The van der Waals surface area contributed by atoms with Crippen LogP contribution in [0.4, 0.5) is 15.8 Å². The van der Waals surface area contributed by atoms with Crippen molar-refractivity contribution in [1.82, 2.24) is 5.32 Å².